The molecule has 0 aromatic heterocycles. The third-order valence-electron chi connectivity index (χ3n) is 5.79. The van der Waals surface area contributed by atoms with E-state index in [1.807, 2.05) is 0 Å². The fourth-order valence-electron chi connectivity index (χ4n) is 4.11. The van der Waals surface area contributed by atoms with E-state index in [1.54, 1.807) is 24.3 Å². The molecule has 1 aliphatic carbocycles. The Morgan fingerprint density at radius 2 is 1.72 bits per heavy atom. The van der Waals surface area contributed by atoms with Gasteiger partial charge in [0.15, 0.2) is 0 Å². The Morgan fingerprint density at radius 3 is 2.41 bits per heavy atom. The van der Waals surface area contributed by atoms with E-state index < -0.39 is 0 Å². The summed E-state index contributed by atoms with van der Waals surface area (Å²) in [4.78, 5) is 26.6. The van der Waals surface area contributed by atoms with Gasteiger partial charge in [-0.2, -0.15) is 5.26 Å². The lowest BCUT2D eigenvalue weighted by molar-refractivity contribution is -0.116. The summed E-state index contributed by atoms with van der Waals surface area (Å²) in [5.41, 5.74) is 1.19. The van der Waals surface area contributed by atoms with Gasteiger partial charge in [0.25, 0.3) is 0 Å². The molecule has 2 aliphatic rings. The minimum atomic E-state index is -0.0489. The zero-order valence-corrected chi connectivity index (χ0v) is 17.0. The second-order valence-corrected chi connectivity index (χ2v) is 8.06. The third kappa shape index (κ3) is 7.06. The molecular weight excluding hydrogens is 366 g/mol. The van der Waals surface area contributed by atoms with Crippen LogP contribution in [0.3, 0.4) is 0 Å². The molecule has 7 nitrogen and oxygen atoms in total. The zero-order valence-electron chi connectivity index (χ0n) is 17.0. The molecule has 1 saturated carbocycles. The van der Waals surface area contributed by atoms with Crippen molar-refractivity contribution in [3.8, 4) is 6.07 Å². The summed E-state index contributed by atoms with van der Waals surface area (Å²) in [6.07, 6.45) is 8.11. The van der Waals surface area contributed by atoms with E-state index in [0.29, 0.717) is 30.3 Å². The molecule has 3 N–H and O–H groups in total. The van der Waals surface area contributed by atoms with E-state index in [1.165, 1.54) is 19.3 Å². The number of amides is 3. The van der Waals surface area contributed by atoms with Crippen molar-refractivity contribution < 1.29 is 9.59 Å². The Morgan fingerprint density at radius 1 is 1.03 bits per heavy atom. The van der Waals surface area contributed by atoms with Gasteiger partial charge in [0, 0.05) is 43.8 Å². The van der Waals surface area contributed by atoms with Crippen LogP contribution >= 0.6 is 0 Å². The van der Waals surface area contributed by atoms with Crippen molar-refractivity contribution in [1.82, 2.24) is 15.5 Å². The van der Waals surface area contributed by atoms with E-state index in [0.717, 1.165) is 38.8 Å². The first-order chi connectivity index (χ1) is 14.1. The van der Waals surface area contributed by atoms with Gasteiger partial charge in [0.1, 0.15) is 0 Å². The lowest BCUT2D eigenvalue weighted by Gasteiger charge is -2.32. The van der Waals surface area contributed by atoms with Gasteiger partial charge in [0.2, 0.25) is 5.91 Å². The predicted octanol–water partition coefficient (Wildman–Crippen LogP) is 2.98. The first-order valence-electron chi connectivity index (χ1n) is 10.7. The van der Waals surface area contributed by atoms with Crippen molar-refractivity contribution in [2.45, 2.75) is 63.5 Å². The average Bonchev–Trinajstić information content (AvgIpc) is 2.74. The Labute approximate surface area is 172 Å². The predicted molar refractivity (Wildman–Crippen MR) is 112 cm³/mol. The second kappa shape index (κ2) is 10.8. The van der Waals surface area contributed by atoms with E-state index in [2.05, 4.69) is 26.9 Å². The van der Waals surface area contributed by atoms with E-state index in [-0.39, 0.29) is 18.0 Å². The minimum Gasteiger partial charge on any atom is -0.335 e. The van der Waals surface area contributed by atoms with Gasteiger partial charge in [-0.1, -0.05) is 25.3 Å². The van der Waals surface area contributed by atoms with Crippen LogP contribution in [0, 0.1) is 11.3 Å². The second-order valence-electron chi connectivity index (χ2n) is 8.06. The Balaban J connectivity index is 1.31. The lowest BCUT2D eigenvalue weighted by Crippen LogP contribution is -2.50. The topological polar surface area (TPSA) is 97.3 Å². The van der Waals surface area contributed by atoms with Gasteiger partial charge in [-0.05, 0) is 43.9 Å². The summed E-state index contributed by atoms with van der Waals surface area (Å²) in [5.74, 6) is -0.0489. The van der Waals surface area contributed by atoms with Crippen LogP contribution in [0.2, 0.25) is 0 Å². The number of urea groups is 1. The van der Waals surface area contributed by atoms with Gasteiger partial charge in [0.05, 0.1) is 11.6 Å². The number of nitrogens with one attached hydrogen (secondary N) is 3. The lowest BCUT2D eigenvalue weighted by atomic mass is 9.96. The number of likely N-dealkylation sites (tertiary alicyclic amines) is 1. The normalized spacial score (nSPS) is 18.6. The van der Waals surface area contributed by atoms with Crippen molar-refractivity contribution in [3.05, 3.63) is 29.8 Å². The van der Waals surface area contributed by atoms with Crippen LogP contribution in [-0.4, -0.2) is 48.6 Å². The molecular formula is C22H31N5O2. The highest BCUT2D eigenvalue weighted by molar-refractivity contribution is 5.90. The molecule has 0 radical (unpaired) electrons. The molecule has 0 atom stereocenters. The molecule has 3 amide bonds. The molecule has 1 saturated heterocycles. The number of rotatable bonds is 6. The Bertz CT molecular complexity index is 731. The van der Waals surface area contributed by atoms with Crippen molar-refractivity contribution in [3.63, 3.8) is 0 Å². The number of nitriles is 1. The number of hydrogen-bond donors (Lipinski definition) is 3. The zero-order chi connectivity index (χ0) is 20.5. The molecule has 7 heteroatoms. The molecule has 1 heterocycles. The van der Waals surface area contributed by atoms with Crippen LogP contribution in [0.1, 0.15) is 56.9 Å². The van der Waals surface area contributed by atoms with Crippen LogP contribution in [0.15, 0.2) is 24.3 Å². The molecule has 0 unspecified atom stereocenters. The number of carbonyl (C=O) groups excluding carboxylic acids is 2. The van der Waals surface area contributed by atoms with Crippen LogP contribution < -0.4 is 16.0 Å². The summed E-state index contributed by atoms with van der Waals surface area (Å²) >= 11 is 0. The van der Waals surface area contributed by atoms with Crippen LogP contribution in [-0.2, 0) is 4.79 Å². The van der Waals surface area contributed by atoms with E-state index >= 15 is 0 Å². The summed E-state index contributed by atoms with van der Waals surface area (Å²) in [7, 11) is 0. The van der Waals surface area contributed by atoms with Gasteiger partial charge in [-0.25, -0.2) is 4.79 Å². The first kappa shape index (κ1) is 21.1. The molecule has 3 rings (SSSR count). The van der Waals surface area contributed by atoms with E-state index in [4.69, 9.17) is 5.26 Å². The summed E-state index contributed by atoms with van der Waals surface area (Å²) < 4.78 is 0. The highest BCUT2D eigenvalue weighted by Gasteiger charge is 2.22. The molecule has 1 aromatic carbocycles. The number of anilines is 1. The van der Waals surface area contributed by atoms with Gasteiger partial charge < -0.3 is 20.9 Å². The fraction of sp³-hybridized carbons (Fsp3) is 0.591. The largest absolute Gasteiger partial charge is 0.335 e. The van der Waals surface area contributed by atoms with Crippen molar-refractivity contribution >= 4 is 17.6 Å². The van der Waals surface area contributed by atoms with Gasteiger partial charge in [-0.3, -0.25) is 4.79 Å². The van der Waals surface area contributed by atoms with Crippen LogP contribution in [0.25, 0.3) is 0 Å². The number of piperidine rings is 1. The van der Waals surface area contributed by atoms with E-state index in [9.17, 15) is 9.59 Å². The highest BCUT2D eigenvalue weighted by Crippen LogP contribution is 2.17. The van der Waals surface area contributed by atoms with Crippen LogP contribution in [0.4, 0.5) is 10.5 Å². The van der Waals surface area contributed by atoms with Gasteiger partial charge >= 0.3 is 6.03 Å². The smallest absolute Gasteiger partial charge is 0.315 e. The maximum atomic E-state index is 12.2. The first-order valence-corrected chi connectivity index (χ1v) is 10.7. The molecule has 1 aromatic rings. The number of carbonyl (C=O) groups is 2. The number of nitrogens with zero attached hydrogens (tertiary/aromatic N) is 2. The van der Waals surface area contributed by atoms with Gasteiger partial charge in [-0.15, -0.1) is 0 Å². The molecule has 0 bridgehead atoms. The standard InChI is InChI=1S/C22H31N5O2/c23-16-17-5-4-8-20(15-17)24-21(28)11-14-27-12-9-19(10-13-27)26-22(29)25-18-6-2-1-3-7-18/h4-5,8,15,18-19H,1-3,6-7,9-14H2,(H,24,28)(H2,25,26,29). The maximum Gasteiger partial charge on any atom is 0.315 e. The summed E-state index contributed by atoms with van der Waals surface area (Å²) in [6, 6.07) is 9.51. The molecule has 2 fully saturated rings. The third-order valence-corrected chi connectivity index (χ3v) is 5.79. The molecule has 1 aliphatic heterocycles. The van der Waals surface area contributed by atoms with Crippen molar-refractivity contribution in [2.75, 3.05) is 25.0 Å². The Hall–Kier alpha value is -2.59. The molecule has 29 heavy (non-hydrogen) atoms. The van der Waals surface area contributed by atoms with Crippen molar-refractivity contribution in [2.24, 2.45) is 0 Å². The number of hydrogen-bond acceptors (Lipinski definition) is 4. The SMILES string of the molecule is N#Cc1cccc(NC(=O)CCN2CCC(NC(=O)NC3CCCCC3)CC2)c1. The molecule has 0 spiro atoms. The summed E-state index contributed by atoms with van der Waals surface area (Å²) in [5, 5.41) is 18.0. The number of benzene rings is 1. The molecule has 156 valence electrons. The minimum absolute atomic E-state index is 0.0330. The maximum absolute atomic E-state index is 12.2. The van der Waals surface area contributed by atoms with Crippen molar-refractivity contribution in [1.29, 1.82) is 5.26 Å². The monoisotopic (exact) mass is 397 g/mol. The highest BCUT2D eigenvalue weighted by atomic mass is 16.2. The van der Waals surface area contributed by atoms with Crippen LogP contribution in [0.5, 0.6) is 0 Å². The Kier molecular flexibility index (Phi) is 7.88. The quantitative estimate of drug-likeness (QED) is 0.687. The average molecular weight is 398 g/mol. The summed E-state index contributed by atoms with van der Waals surface area (Å²) in [6.45, 7) is 2.46. The fourth-order valence-corrected chi connectivity index (χ4v) is 4.11.